The van der Waals surface area contributed by atoms with Crippen LogP contribution in [0.1, 0.15) is 15.2 Å². The van der Waals surface area contributed by atoms with Gasteiger partial charge in [-0.05, 0) is 40.8 Å². The number of nitrogens with zero attached hydrogens (tertiary/aromatic N) is 1. The third-order valence-corrected chi connectivity index (χ3v) is 5.96. The third kappa shape index (κ3) is 3.55. The molecule has 2 nitrogen and oxygen atoms in total. The first-order valence-electron chi connectivity index (χ1n) is 8.16. The molecular formula is C21H17NOS2. The van der Waals surface area contributed by atoms with Gasteiger partial charge in [0, 0.05) is 22.7 Å². The molecule has 1 amide bonds. The van der Waals surface area contributed by atoms with Crippen LogP contribution in [0.25, 0.3) is 17.2 Å². The first kappa shape index (κ1) is 16.2. The van der Waals surface area contributed by atoms with Crippen LogP contribution in [0.5, 0.6) is 0 Å². The summed E-state index contributed by atoms with van der Waals surface area (Å²) >= 11 is 3.44. The molecule has 0 aliphatic carbocycles. The summed E-state index contributed by atoms with van der Waals surface area (Å²) in [5, 5.41) is 3.10. The van der Waals surface area contributed by atoms with Crippen LogP contribution in [0.4, 0.5) is 0 Å². The van der Waals surface area contributed by atoms with Gasteiger partial charge in [0.05, 0.1) is 5.03 Å². The summed E-state index contributed by atoms with van der Waals surface area (Å²) in [6.07, 6.45) is 2.11. The van der Waals surface area contributed by atoms with Gasteiger partial charge in [0.25, 0.3) is 5.91 Å². The van der Waals surface area contributed by atoms with E-state index in [9.17, 15) is 4.79 Å². The van der Waals surface area contributed by atoms with Crippen molar-refractivity contribution in [1.82, 2.24) is 4.90 Å². The number of hydrogen-bond acceptors (Lipinski definition) is 3. The molecule has 0 unspecified atom stereocenters. The van der Waals surface area contributed by atoms with Crippen LogP contribution in [0, 0.1) is 0 Å². The third-order valence-electron chi connectivity index (χ3n) is 4.12. The van der Waals surface area contributed by atoms with Crippen LogP contribution >= 0.6 is 23.1 Å². The summed E-state index contributed by atoms with van der Waals surface area (Å²) in [6.45, 7) is 0.765. The fraction of sp³-hybridized carbons (Fsp3) is 0.0952. The Morgan fingerprint density at radius 3 is 2.40 bits per heavy atom. The Labute approximate surface area is 155 Å². The van der Waals surface area contributed by atoms with E-state index in [0.29, 0.717) is 0 Å². The highest BCUT2D eigenvalue weighted by Crippen LogP contribution is 2.32. The second-order valence-corrected chi connectivity index (χ2v) is 7.84. The molecule has 2 aromatic carbocycles. The Morgan fingerprint density at radius 2 is 1.68 bits per heavy atom. The molecule has 0 spiro atoms. The molecule has 0 bridgehead atoms. The molecule has 0 N–H and O–H groups in total. The summed E-state index contributed by atoms with van der Waals surface area (Å²) in [7, 11) is 0. The van der Waals surface area contributed by atoms with E-state index in [0.717, 1.165) is 34.0 Å². The van der Waals surface area contributed by atoms with Crippen molar-refractivity contribution in [1.29, 1.82) is 0 Å². The number of thiophene rings is 1. The topological polar surface area (TPSA) is 20.3 Å². The van der Waals surface area contributed by atoms with Crippen LogP contribution in [0.3, 0.4) is 0 Å². The van der Waals surface area contributed by atoms with Crippen molar-refractivity contribution >= 4 is 35.1 Å². The van der Waals surface area contributed by atoms with E-state index in [1.54, 1.807) is 23.1 Å². The lowest BCUT2D eigenvalue weighted by Gasteiger charge is -2.17. The van der Waals surface area contributed by atoms with E-state index in [-0.39, 0.29) is 5.91 Å². The predicted octanol–water partition coefficient (Wildman–Crippen LogP) is 5.60. The minimum Gasteiger partial charge on any atom is -0.302 e. The maximum atomic E-state index is 12.9. The van der Waals surface area contributed by atoms with Crippen LogP contribution in [-0.2, 0) is 0 Å². The molecule has 1 aliphatic rings. The van der Waals surface area contributed by atoms with E-state index in [2.05, 4.69) is 29.7 Å². The van der Waals surface area contributed by atoms with Gasteiger partial charge in [0.1, 0.15) is 0 Å². The number of rotatable bonds is 3. The molecular weight excluding hydrogens is 346 g/mol. The van der Waals surface area contributed by atoms with E-state index in [4.69, 9.17) is 0 Å². The van der Waals surface area contributed by atoms with Gasteiger partial charge in [-0.15, -0.1) is 23.1 Å². The maximum absolute atomic E-state index is 12.9. The molecule has 1 aromatic heterocycles. The maximum Gasteiger partial charge on any atom is 0.258 e. The van der Waals surface area contributed by atoms with Crippen molar-refractivity contribution in [3.8, 4) is 11.1 Å². The molecule has 0 saturated carbocycles. The molecule has 124 valence electrons. The van der Waals surface area contributed by atoms with Crippen LogP contribution in [-0.4, -0.2) is 23.1 Å². The van der Waals surface area contributed by atoms with Crippen molar-refractivity contribution < 1.29 is 4.79 Å². The summed E-state index contributed by atoms with van der Waals surface area (Å²) in [5.41, 5.74) is 3.03. The first-order chi connectivity index (χ1) is 12.3. The zero-order chi connectivity index (χ0) is 17.1. The quantitative estimate of drug-likeness (QED) is 0.603. The Hall–Kier alpha value is -2.30. The minimum atomic E-state index is 0.0763. The second-order valence-electron chi connectivity index (χ2n) is 5.75. The highest BCUT2D eigenvalue weighted by atomic mass is 32.2. The van der Waals surface area contributed by atoms with E-state index >= 15 is 0 Å². The lowest BCUT2D eigenvalue weighted by Crippen LogP contribution is -2.26. The lowest BCUT2D eigenvalue weighted by molar-refractivity contribution is 0.0831. The van der Waals surface area contributed by atoms with Gasteiger partial charge in [0.15, 0.2) is 0 Å². The Bertz CT molecular complexity index is 883. The van der Waals surface area contributed by atoms with Crippen molar-refractivity contribution in [3.05, 3.63) is 87.6 Å². The van der Waals surface area contributed by atoms with Crippen LogP contribution in [0.2, 0.25) is 0 Å². The standard InChI is InChI=1S/C21H17NOS2/c23-21(22-12-14-25-20(22)15-19-7-4-13-24-19)18-10-8-17(9-11-18)16-5-2-1-3-6-16/h1-11,13,15H,12,14H2/b20-15+. The van der Waals surface area contributed by atoms with Gasteiger partial charge in [-0.2, -0.15) is 0 Å². The summed E-state index contributed by atoms with van der Waals surface area (Å²) < 4.78 is 0. The fourth-order valence-electron chi connectivity index (χ4n) is 2.84. The second kappa shape index (κ2) is 7.30. The van der Waals surface area contributed by atoms with Gasteiger partial charge in [-0.1, -0.05) is 48.5 Å². The van der Waals surface area contributed by atoms with Crippen molar-refractivity contribution in [2.75, 3.05) is 12.3 Å². The van der Waals surface area contributed by atoms with E-state index in [1.165, 1.54) is 4.88 Å². The largest absolute Gasteiger partial charge is 0.302 e. The van der Waals surface area contributed by atoms with Gasteiger partial charge in [-0.25, -0.2) is 0 Å². The predicted molar refractivity (Wildman–Crippen MR) is 108 cm³/mol. The summed E-state index contributed by atoms with van der Waals surface area (Å²) in [5.74, 6) is 1.03. The number of carbonyl (C=O) groups is 1. The highest BCUT2D eigenvalue weighted by Gasteiger charge is 2.25. The van der Waals surface area contributed by atoms with Gasteiger partial charge >= 0.3 is 0 Å². The average Bonchev–Trinajstić information content (AvgIpc) is 3.34. The van der Waals surface area contributed by atoms with Crippen molar-refractivity contribution in [2.24, 2.45) is 0 Å². The molecule has 1 fully saturated rings. The molecule has 2 heterocycles. The molecule has 0 atom stereocenters. The molecule has 25 heavy (non-hydrogen) atoms. The molecule has 1 saturated heterocycles. The number of benzene rings is 2. The summed E-state index contributed by atoms with van der Waals surface area (Å²) in [4.78, 5) is 16.0. The molecule has 4 rings (SSSR count). The summed E-state index contributed by atoms with van der Waals surface area (Å²) in [6, 6.07) is 22.2. The molecule has 3 aromatic rings. The van der Waals surface area contributed by atoms with Crippen molar-refractivity contribution in [2.45, 2.75) is 0 Å². The van der Waals surface area contributed by atoms with Gasteiger partial charge in [-0.3, -0.25) is 4.79 Å². The molecule has 1 aliphatic heterocycles. The Kier molecular flexibility index (Phi) is 4.72. The number of amides is 1. The molecule has 0 radical (unpaired) electrons. The van der Waals surface area contributed by atoms with Crippen molar-refractivity contribution in [3.63, 3.8) is 0 Å². The van der Waals surface area contributed by atoms with Gasteiger partial charge in [0.2, 0.25) is 0 Å². The fourth-order valence-corrected chi connectivity index (χ4v) is 4.59. The highest BCUT2D eigenvalue weighted by molar-refractivity contribution is 8.03. The molecule has 4 heteroatoms. The minimum absolute atomic E-state index is 0.0763. The zero-order valence-corrected chi connectivity index (χ0v) is 15.2. The van der Waals surface area contributed by atoms with Gasteiger partial charge < -0.3 is 4.90 Å². The average molecular weight is 364 g/mol. The number of carbonyl (C=O) groups excluding carboxylic acids is 1. The Morgan fingerprint density at radius 1 is 0.920 bits per heavy atom. The number of thioether (sulfide) groups is 1. The SMILES string of the molecule is O=C(c1ccc(-c2ccccc2)cc1)N1CCS/C1=C/c1cccs1. The normalized spacial score (nSPS) is 15.7. The van der Waals surface area contributed by atoms with E-state index in [1.807, 2.05) is 53.4 Å². The smallest absolute Gasteiger partial charge is 0.258 e. The zero-order valence-electron chi connectivity index (χ0n) is 13.6. The van der Waals surface area contributed by atoms with E-state index < -0.39 is 0 Å². The lowest BCUT2D eigenvalue weighted by atomic mass is 10.0. The van der Waals surface area contributed by atoms with Crippen LogP contribution in [0.15, 0.2) is 77.1 Å². The monoisotopic (exact) mass is 363 g/mol. The number of hydrogen-bond donors (Lipinski definition) is 0. The van der Waals surface area contributed by atoms with Crippen LogP contribution < -0.4 is 0 Å². The first-order valence-corrected chi connectivity index (χ1v) is 10.0. The Balaban J connectivity index is 1.56.